The van der Waals surface area contributed by atoms with Crippen LogP contribution in [-0.4, -0.2) is 10.8 Å². The van der Waals surface area contributed by atoms with Gasteiger partial charge in [0, 0.05) is 11.4 Å². The molecule has 1 aromatic heterocycles. The van der Waals surface area contributed by atoms with E-state index in [2.05, 4.69) is 5.32 Å². The Kier molecular flexibility index (Phi) is 5.34. The van der Waals surface area contributed by atoms with Crippen molar-refractivity contribution in [2.24, 2.45) is 0 Å². The maximum absolute atomic E-state index is 12.1. The first-order chi connectivity index (χ1) is 10.9. The molecule has 9 heteroatoms. The Bertz CT molecular complexity index is 835. The first-order valence-corrected chi connectivity index (χ1v) is 7.66. The van der Waals surface area contributed by atoms with Gasteiger partial charge in [0.1, 0.15) is 11.6 Å². The summed E-state index contributed by atoms with van der Waals surface area (Å²) in [5.74, 6) is -0.712. The molecule has 1 N–H and O–H groups in total. The molecule has 0 unspecified atom stereocenters. The smallest absolute Gasteiger partial charge is 0.319 e. The molecule has 0 spiro atoms. The fourth-order valence-corrected chi connectivity index (χ4v) is 2.80. The third-order valence-electron chi connectivity index (χ3n) is 2.66. The fourth-order valence-electron chi connectivity index (χ4n) is 1.62. The van der Waals surface area contributed by atoms with E-state index in [0.29, 0.717) is 5.56 Å². The van der Waals surface area contributed by atoms with Crippen molar-refractivity contribution in [3.05, 3.63) is 60.9 Å². The van der Waals surface area contributed by atoms with E-state index in [4.69, 9.17) is 28.5 Å². The van der Waals surface area contributed by atoms with Gasteiger partial charge in [0.05, 0.1) is 20.7 Å². The molecule has 23 heavy (non-hydrogen) atoms. The molecule has 1 amide bonds. The largest absolute Gasteiger partial charge is 0.324 e. The van der Waals surface area contributed by atoms with Crippen LogP contribution in [0.1, 0.15) is 5.56 Å². The minimum Gasteiger partial charge on any atom is -0.319 e. The van der Waals surface area contributed by atoms with Gasteiger partial charge in [-0.05, 0) is 23.8 Å². The fraction of sp³-hybridized carbons (Fsp3) is 0. The Hall–Kier alpha value is -2.40. The van der Waals surface area contributed by atoms with E-state index in [9.17, 15) is 14.9 Å². The molecule has 0 aliphatic carbocycles. The van der Waals surface area contributed by atoms with Gasteiger partial charge in [0.15, 0.2) is 0 Å². The third-order valence-corrected chi connectivity index (χ3v) is 4.19. The second-order valence-electron chi connectivity index (χ2n) is 4.20. The molecule has 0 bridgehead atoms. The quantitative estimate of drug-likeness (QED) is 0.372. The van der Waals surface area contributed by atoms with Crippen molar-refractivity contribution < 1.29 is 9.72 Å². The first kappa shape index (κ1) is 17.0. The number of rotatable bonds is 4. The van der Waals surface area contributed by atoms with Crippen molar-refractivity contribution >= 4 is 57.2 Å². The summed E-state index contributed by atoms with van der Waals surface area (Å²) in [5, 5.41) is 24.1. The maximum Gasteiger partial charge on any atom is 0.324 e. The predicted molar refractivity (Wildman–Crippen MR) is 89.7 cm³/mol. The number of hydrogen-bond donors (Lipinski definition) is 1. The van der Waals surface area contributed by atoms with Crippen molar-refractivity contribution in [2.75, 3.05) is 5.32 Å². The number of halogens is 2. The van der Waals surface area contributed by atoms with Gasteiger partial charge in [-0.25, -0.2) is 0 Å². The summed E-state index contributed by atoms with van der Waals surface area (Å²) in [7, 11) is 0. The van der Waals surface area contributed by atoms with Crippen LogP contribution in [0.3, 0.4) is 0 Å². The van der Waals surface area contributed by atoms with Crippen LogP contribution in [0.5, 0.6) is 0 Å². The molecule has 6 nitrogen and oxygen atoms in total. The summed E-state index contributed by atoms with van der Waals surface area (Å²) in [6.45, 7) is 0. The van der Waals surface area contributed by atoms with Crippen molar-refractivity contribution in [3.8, 4) is 6.07 Å². The Labute approximate surface area is 144 Å². The minimum absolute atomic E-state index is 0.0805. The number of nitrogens with one attached hydrogen (secondary N) is 1. The molecule has 1 aromatic carbocycles. The highest BCUT2D eigenvalue weighted by Gasteiger charge is 2.15. The predicted octanol–water partition coefficient (Wildman–Crippen LogP) is 4.51. The van der Waals surface area contributed by atoms with Crippen LogP contribution in [0.2, 0.25) is 10.0 Å². The molecular weight excluding hydrogens is 361 g/mol. The molecule has 116 valence electrons. The normalized spacial score (nSPS) is 10.9. The number of nitro groups is 1. The number of nitrogens with zero attached hydrogens (tertiary/aromatic N) is 2. The Balaban J connectivity index is 2.26. The summed E-state index contributed by atoms with van der Waals surface area (Å²) in [6.07, 6.45) is 1.25. The number of carbonyl (C=O) groups excluding carboxylic acids is 1. The number of para-hydroxylation sites is 1. The highest BCUT2D eigenvalue weighted by atomic mass is 35.5. The van der Waals surface area contributed by atoms with Crippen LogP contribution >= 0.6 is 34.5 Å². The van der Waals surface area contributed by atoms with E-state index in [1.807, 2.05) is 0 Å². The molecule has 0 radical (unpaired) electrons. The Morgan fingerprint density at radius 2 is 2.04 bits per heavy atom. The van der Waals surface area contributed by atoms with Crippen molar-refractivity contribution in [2.45, 2.75) is 0 Å². The lowest BCUT2D eigenvalue weighted by Crippen LogP contribution is -2.14. The average molecular weight is 368 g/mol. The summed E-state index contributed by atoms with van der Waals surface area (Å²) in [6, 6.07) is 7.72. The zero-order valence-electron chi connectivity index (χ0n) is 11.2. The number of anilines is 1. The lowest BCUT2D eigenvalue weighted by atomic mass is 10.2. The molecule has 0 saturated carbocycles. The summed E-state index contributed by atoms with van der Waals surface area (Å²) < 4.78 is 0. The van der Waals surface area contributed by atoms with Gasteiger partial charge in [0.25, 0.3) is 5.91 Å². The lowest BCUT2D eigenvalue weighted by Gasteiger charge is -2.08. The maximum atomic E-state index is 12.1. The van der Waals surface area contributed by atoms with E-state index in [1.165, 1.54) is 17.5 Å². The molecule has 0 saturated heterocycles. The van der Waals surface area contributed by atoms with E-state index >= 15 is 0 Å². The number of benzene rings is 1. The summed E-state index contributed by atoms with van der Waals surface area (Å²) in [5.41, 5.74) is 0.352. The molecule has 0 fully saturated rings. The third kappa shape index (κ3) is 4.07. The van der Waals surface area contributed by atoms with Gasteiger partial charge < -0.3 is 5.32 Å². The Morgan fingerprint density at radius 1 is 1.39 bits per heavy atom. The molecule has 0 aliphatic heterocycles. The minimum atomic E-state index is -0.712. The van der Waals surface area contributed by atoms with Crippen LogP contribution in [0.4, 0.5) is 10.7 Å². The summed E-state index contributed by atoms with van der Waals surface area (Å²) >= 11 is 12.8. The zero-order chi connectivity index (χ0) is 17.0. The van der Waals surface area contributed by atoms with E-state index in [0.717, 1.165) is 11.3 Å². The van der Waals surface area contributed by atoms with Gasteiger partial charge in [-0.15, -0.1) is 0 Å². The number of nitriles is 1. The molecule has 0 aliphatic rings. The second-order valence-corrected chi connectivity index (χ2v) is 5.90. The number of carbonyl (C=O) groups is 1. The molecule has 1 heterocycles. The first-order valence-electron chi connectivity index (χ1n) is 6.02. The van der Waals surface area contributed by atoms with E-state index < -0.39 is 10.8 Å². The van der Waals surface area contributed by atoms with Crippen molar-refractivity contribution in [1.82, 2.24) is 0 Å². The number of thiophene rings is 1. The van der Waals surface area contributed by atoms with E-state index in [1.54, 1.807) is 24.3 Å². The summed E-state index contributed by atoms with van der Waals surface area (Å²) in [4.78, 5) is 22.2. The van der Waals surface area contributed by atoms with Gasteiger partial charge in [0.2, 0.25) is 0 Å². The van der Waals surface area contributed by atoms with Crippen LogP contribution in [0.25, 0.3) is 6.08 Å². The SMILES string of the molecule is N#CC(=Cc1csc([N+](=O)[O-])c1)C(=O)Nc1c(Cl)cccc1Cl. The highest BCUT2D eigenvalue weighted by molar-refractivity contribution is 7.13. The average Bonchev–Trinajstić information content (AvgIpc) is 2.97. The molecule has 2 aromatic rings. The van der Waals surface area contributed by atoms with Gasteiger partial charge >= 0.3 is 5.00 Å². The topological polar surface area (TPSA) is 96.0 Å². The van der Waals surface area contributed by atoms with E-state index in [-0.39, 0.29) is 26.3 Å². The van der Waals surface area contributed by atoms with Gasteiger partial charge in [-0.2, -0.15) is 5.26 Å². The van der Waals surface area contributed by atoms with Crippen LogP contribution in [0.15, 0.2) is 35.2 Å². The Morgan fingerprint density at radius 3 is 2.57 bits per heavy atom. The highest BCUT2D eigenvalue weighted by Crippen LogP contribution is 2.30. The number of hydrogen-bond acceptors (Lipinski definition) is 5. The van der Waals surface area contributed by atoms with Gasteiger partial charge in [-0.1, -0.05) is 40.6 Å². The van der Waals surface area contributed by atoms with Crippen LogP contribution in [0, 0.1) is 21.4 Å². The molecule has 0 atom stereocenters. The van der Waals surface area contributed by atoms with Gasteiger partial charge in [-0.3, -0.25) is 14.9 Å². The lowest BCUT2D eigenvalue weighted by molar-refractivity contribution is -0.380. The molecular formula is C14H7Cl2N3O3S. The van der Waals surface area contributed by atoms with Crippen molar-refractivity contribution in [1.29, 1.82) is 5.26 Å². The van der Waals surface area contributed by atoms with Crippen LogP contribution in [-0.2, 0) is 4.79 Å². The standard InChI is InChI=1S/C14H7Cl2N3O3S/c15-10-2-1-3-11(16)13(10)18-14(20)9(6-17)4-8-5-12(19(21)22)23-7-8/h1-5,7H,(H,18,20). The van der Waals surface area contributed by atoms with Crippen LogP contribution < -0.4 is 5.32 Å². The second kappa shape index (κ2) is 7.24. The number of amides is 1. The molecule has 2 rings (SSSR count). The van der Waals surface area contributed by atoms with Crippen molar-refractivity contribution in [3.63, 3.8) is 0 Å². The monoisotopic (exact) mass is 367 g/mol. The zero-order valence-corrected chi connectivity index (χ0v) is 13.6.